The predicted octanol–water partition coefficient (Wildman–Crippen LogP) is 4.64. The van der Waals surface area contributed by atoms with Gasteiger partial charge in [0.15, 0.2) is 5.78 Å². The monoisotopic (exact) mass is 361 g/mol. The van der Waals surface area contributed by atoms with Crippen molar-refractivity contribution in [3.63, 3.8) is 0 Å². The maximum absolute atomic E-state index is 13.6. The molecule has 4 heteroatoms. The number of nitrogens with zero attached hydrogens (tertiary/aromatic N) is 1. The highest BCUT2D eigenvalue weighted by Gasteiger charge is 2.21. The number of ketones is 1. The lowest BCUT2D eigenvalue weighted by atomic mass is 9.93. The van der Waals surface area contributed by atoms with Crippen molar-refractivity contribution < 1.29 is 14.3 Å². The van der Waals surface area contributed by atoms with E-state index in [0.29, 0.717) is 16.9 Å². The van der Waals surface area contributed by atoms with Crippen LogP contribution >= 0.6 is 0 Å². The molecule has 0 aliphatic heterocycles. The molecule has 0 radical (unpaired) electrons. The molecule has 27 heavy (non-hydrogen) atoms. The van der Waals surface area contributed by atoms with Gasteiger partial charge in [-0.3, -0.25) is 4.79 Å². The van der Waals surface area contributed by atoms with Crippen LogP contribution in [0.25, 0.3) is 16.3 Å². The molecule has 4 nitrogen and oxygen atoms in total. The van der Waals surface area contributed by atoms with Crippen LogP contribution < -0.4 is 9.47 Å². The minimum absolute atomic E-state index is 0.0629. The smallest absolute Gasteiger partial charge is 0.195 e. The Hall–Kier alpha value is -3.27. The van der Waals surface area contributed by atoms with Crippen LogP contribution in [-0.4, -0.2) is 39.0 Å². The SMILES string of the molecule is COc1ccccc1/C(=C\N(C)C)C(=O)c1ccc(OC)c2ccccc12. The standard InChI is InChI=1S/C23H23NO3/c1-24(2)15-20(18-11-7-8-12-21(18)26-3)23(25)19-13-14-22(27-4)17-10-6-5-9-16(17)19/h5-15H,1-4H3/b20-15+. The first-order chi connectivity index (χ1) is 13.1. The molecule has 0 fully saturated rings. The molecule has 138 valence electrons. The Morgan fingerprint density at radius 3 is 2.07 bits per heavy atom. The van der Waals surface area contributed by atoms with E-state index in [2.05, 4.69) is 0 Å². The lowest BCUT2D eigenvalue weighted by molar-refractivity contribution is 0.105. The van der Waals surface area contributed by atoms with Crippen molar-refractivity contribution in [3.8, 4) is 11.5 Å². The number of hydrogen-bond acceptors (Lipinski definition) is 4. The number of carbonyl (C=O) groups is 1. The molecular formula is C23H23NO3. The first kappa shape index (κ1) is 18.5. The third-order valence-electron chi connectivity index (χ3n) is 4.38. The van der Waals surface area contributed by atoms with E-state index in [0.717, 1.165) is 22.1 Å². The summed E-state index contributed by atoms with van der Waals surface area (Å²) in [7, 11) is 7.04. The molecule has 0 heterocycles. The van der Waals surface area contributed by atoms with Crippen molar-refractivity contribution in [3.05, 3.63) is 78.0 Å². The van der Waals surface area contributed by atoms with Gasteiger partial charge in [0.05, 0.1) is 14.2 Å². The van der Waals surface area contributed by atoms with Crippen LogP contribution in [0, 0.1) is 0 Å². The molecule has 0 aliphatic rings. The van der Waals surface area contributed by atoms with Gasteiger partial charge in [-0.1, -0.05) is 42.5 Å². The van der Waals surface area contributed by atoms with Gasteiger partial charge in [0.25, 0.3) is 0 Å². The third-order valence-corrected chi connectivity index (χ3v) is 4.38. The Morgan fingerprint density at radius 2 is 1.41 bits per heavy atom. The minimum atomic E-state index is -0.0629. The summed E-state index contributed by atoms with van der Waals surface area (Å²) in [4.78, 5) is 15.4. The van der Waals surface area contributed by atoms with E-state index in [1.807, 2.05) is 85.9 Å². The Balaban J connectivity index is 2.21. The molecule has 0 N–H and O–H groups in total. The normalized spacial score (nSPS) is 11.3. The van der Waals surface area contributed by atoms with Gasteiger partial charge in [-0.2, -0.15) is 0 Å². The second kappa shape index (κ2) is 7.96. The highest BCUT2D eigenvalue weighted by atomic mass is 16.5. The average molecular weight is 361 g/mol. The molecule has 0 spiro atoms. The number of ether oxygens (including phenoxy) is 2. The zero-order chi connectivity index (χ0) is 19.4. The molecule has 0 aliphatic carbocycles. The summed E-state index contributed by atoms with van der Waals surface area (Å²) in [6.07, 6.45) is 1.83. The van der Waals surface area contributed by atoms with Gasteiger partial charge < -0.3 is 14.4 Å². The number of fused-ring (bicyclic) bond motifs is 1. The summed E-state index contributed by atoms with van der Waals surface area (Å²) in [6.45, 7) is 0. The average Bonchev–Trinajstić information content (AvgIpc) is 2.70. The summed E-state index contributed by atoms with van der Waals surface area (Å²) < 4.78 is 10.9. The molecule has 3 aromatic rings. The molecule has 0 bridgehead atoms. The zero-order valence-corrected chi connectivity index (χ0v) is 16.0. The van der Waals surface area contributed by atoms with E-state index >= 15 is 0 Å². The number of methoxy groups -OCH3 is 2. The van der Waals surface area contributed by atoms with E-state index in [9.17, 15) is 4.79 Å². The minimum Gasteiger partial charge on any atom is -0.496 e. The number of benzene rings is 3. The molecule has 0 atom stereocenters. The first-order valence-electron chi connectivity index (χ1n) is 8.69. The van der Waals surface area contributed by atoms with Gasteiger partial charge in [-0.05, 0) is 23.6 Å². The van der Waals surface area contributed by atoms with Crippen LogP contribution in [0.15, 0.2) is 66.9 Å². The summed E-state index contributed by atoms with van der Waals surface area (Å²) >= 11 is 0. The van der Waals surface area contributed by atoms with Crippen LogP contribution in [0.5, 0.6) is 11.5 Å². The van der Waals surface area contributed by atoms with Gasteiger partial charge in [0.1, 0.15) is 11.5 Å². The van der Waals surface area contributed by atoms with E-state index in [4.69, 9.17) is 9.47 Å². The van der Waals surface area contributed by atoms with Crippen molar-refractivity contribution in [2.75, 3.05) is 28.3 Å². The quantitative estimate of drug-likeness (QED) is 0.473. The van der Waals surface area contributed by atoms with Gasteiger partial charge in [-0.25, -0.2) is 0 Å². The number of Topliss-reactive ketones (excluding diaryl/α,β-unsaturated/α-hetero) is 1. The van der Waals surface area contributed by atoms with Gasteiger partial charge in [0.2, 0.25) is 0 Å². The summed E-state index contributed by atoms with van der Waals surface area (Å²) in [5, 5.41) is 1.77. The number of allylic oxidation sites excluding steroid dienone is 1. The second-order valence-electron chi connectivity index (χ2n) is 6.40. The van der Waals surface area contributed by atoms with Crippen molar-refractivity contribution in [1.82, 2.24) is 4.90 Å². The van der Waals surface area contributed by atoms with E-state index in [-0.39, 0.29) is 5.78 Å². The van der Waals surface area contributed by atoms with Crippen molar-refractivity contribution in [2.24, 2.45) is 0 Å². The lowest BCUT2D eigenvalue weighted by Gasteiger charge is -2.16. The van der Waals surface area contributed by atoms with Crippen LogP contribution in [0.2, 0.25) is 0 Å². The predicted molar refractivity (Wildman–Crippen MR) is 109 cm³/mol. The summed E-state index contributed by atoms with van der Waals surface area (Å²) in [6, 6.07) is 19.0. The lowest BCUT2D eigenvalue weighted by Crippen LogP contribution is -2.10. The highest BCUT2D eigenvalue weighted by Crippen LogP contribution is 2.33. The van der Waals surface area contributed by atoms with Crippen LogP contribution in [0.3, 0.4) is 0 Å². The Kier molecular flexibility index (Phi) is 5.46. The van der Waals surface area contributed by atoms with E-state index < -0.39 is 0 Å². The molecule has 0 unspecified atom stereocenters. The Labute approximate surface area is 159 Å². The van der Waals surface area contributed by atoms with Gasteiger partial charge in [0, 0.05) is 42.4 Å². The molecule has 0 amide bonds. The molecule has 0 saturated heterocycles. The number of para-hydroxylation sites is 1. The molecule has 0 aromatic heterocycles. The number of hydrogen-bond donors (Lipinski definition) is 0. The van der Waals surface area contributed by atoms with Crippen molar-refractivity contribution in [2.45, 2.75) is 0 Å². The topological polar surface area (TPSA) is 38.8 Å². The zero-order valence-electron chi connectivity index (χ0n) is 16.0. The maximum Gasteiger partial charge on any atom is 0.195 e. The van der Waals surface area contributed by atoms with Crippen LogP contribution in [0.4, 0.5) is 0 Å². The van der Waals surface area contributed by atoms with Crippen molar-refractivity contribution in [1.29, 1.82) is 0 Å². The van der Waals surface area contributed by atoms with Crippen LogP contribution in [-0.2, 0) is 0 Å². The fourth-order valence-corrected chi connectivity index (χ4v) is 3.17. The second-order valence-corrected chi connectivity index (χ2v) is 6.40. The maximum atomic E-state index is 13.6. The summed E-state index contributed by atoms with van der Waals surface area (Å²) in [5.41, 5.74) is 1.97. The molecule has 0 saturated carbocycles. The Bertz CT molecular complexity index is 1010. The van der Waals surface area contributed by atoms with Crippen LogP contribution in [0.1, 0.15) is 15.9 Å². The number of rotatable bonds is 6. The van der Waals surface area contributed by atoms with Crippen molar-refractivity contribution >= 4 is 22.1 Å². The third kappa shape index (κ3) is 3.65. The first-order valence-corrected chi connectivity index (χ1v) is 8.69. The highest BCUT2D eigenvalue weighted by molar-refractivity contribution is 6.32. The van der Waals surface area contributed by atoms with E-state index in [1.54, 1.807) is 14.2 Å². The fourth-order valence-electron chi connectivity index (χ4n) is 3.17. The molecular weight excluding hydrogens is 338 g/mol. The van der Waals surface area contributed by atoms with Gasteiger partial charge in [-0.15, -0.1) is 0 Å². The fraction of sp³-hybridized carbons (Fsp3) is 0.174. The summed E-state index contributed by atoms with van der Waals surface area (Å²) in [5.74, 6) is 1.35. The largest absolute Gasteiger partial charge is 0.496 e. The molecule has 3 rings (SSSR count). The number of carbonyl (C=O) groups excluding carboxylic acids is 1. The molecule has 3 aromatic carbocycles. The van der Waals surface area contributed by atoms with E-state index in [1.165, 1.54) is 0 Å². The van der Waals surface area contributed by atoms with Gasteiger partial charge >= 0.3 is 0 Å². The Morgan fingerprint density at radius 1 is 0.778 bits per heavy atom.